The number of sulfonamides is 1. The van der Waals surface area contributed by atoms with E-state index in [1.165, 1.54) is 18.3 Å². The van der Waals surface area contributed by atoms with E-state index in [0.29, 0.717) is 0 Å². The third-order valence-electron chi connectivity index (χ3n) is 5.47. The second-order valence-electron chi connectivity index (χ2n) is 7.52. The van der Waals surface area contributed by atoms with Crippen molar-refractivity contribution in [3.63, 3.8) is 0 Å². The largest absolute Gasteiger partial charge is 0.478 e. The molecule has 28 heavy (non-hydrogen) atoms. The number of aromatic carboxylic acids is 1. The molecule has 6 nitrogen and oxygen atoms in total. The highest BCUT2D eigenvalue weighted by Gasteiger charge is 2.36. The summed E-state index contributed by atoms with van der Waals surface area (Å²) in [5.41, 5.74) is 1.72. The highest BCUT2D eigenvalue weighted by Crippen LogP contribution is 2.33. The summed E-state index contributed by atoms with van der Waals surface area (Å²) in [4.78, 5) is 15.4. The predicted molar refractivity (Wildman–Crippen MR) is 107 cm³/mol. The number of nitrogens with zero attached hydrogens (tertiary/aromatic N) is 2. The van der Waals surface area contributed by atoms with Crippen LogP contribution in [0.3, 0.4) is 0 Å². The van der Waals surface area contributed by atoms with Gasteiger partial charge in [-0.3, -0.25) is 4.98 Å². The van der Waals surface area contributed by atoms with Crippen LogP contribution in [0.15, 0.2) is 47.5 Å². The molecule has 1 N–H and O–H groups in total. The van der Waals surface area contributed by atoms with Gasteiger partial charge < -0.3 is 5.11 Å². The molecule has 1 aliphatic carbocycles. The van der Waals surface area contributed by atoms with Crippen molar-refractivity contribution in [2.24, 2.45) is 5.92 Å². The van der Waals surface area contributed by atoms with Crippen molar-refractivity contribution in [2.75, 3.05) is 0 Å². The Hall–Kier alpha value is -2.25. The number of benzene rings is 1. The fraction of sp³-hybridized carbons (Fsp3) is 0.429. The summed E-state index contributed by atoms with van der Waals surface area (Å²) in [6.07, 6.45) is 5.36. The molecule has 0 amide bonds. The molecule has 0 spiro atoms. The molecule has 1 fully saturated rings. The van der Waals surface area contributed by atoms with Crippen molar-refractivity contribution >= 4 is 16.0 Å². The molecule has 1 saturated carbocycles. The maximum Gasteiger partial charge on any atom is 0.335 e. The molecule has 1 heterocycles. The second-order valence-corrected chi connectivity index (χ2v) is 9.41. The van der Waals surface area contributed by atoms with E-state index in [4.69, 9.17) is 5.11 Å². The molecule has 0 saturated heterocycles. The summed E-state index contributed by atoms with van der Waals surface area (Å²) < 4.78 is 28.5. The van der Waals surface area contributed by atoms with Gasteiger partial charge in [0.05, 0.1) is 5.56 Å². The normalized spacial score (nSPS) is 20.2. The fourth-order valence-corrected chi connectivity index (χ4v) is 5.47. The van der Waals surface area contributed by atoms with Gasteiger partial charge in [0.2, 0.25) is 10.0 Å². The van der Waals surface area contributed by atoms with E-state index in [1.54, 1.807) is 28.6 Å². The highest BCUT2D eigenvalue weighted by atomic mass is 32.2. The molecule has 3 rings (SSSR count). The number of carboxylic acid groups (broad SMARTS) is 1. The van der Waals surface area contributed by atoms with E-state index in [1.807, 2.05) is 6.92 Å². The lowest BCUT2D eigenvalue weighted by Crippen LogP contribution is -2.44. The zero-order chi connectivity index (χ0) is 20.3. The molecule has 0 bridgehead atoms. The maximum absolute atomic E-state index is 13.5. The van der Waals surface area contributed by atoms with Crippen molar-refractivity contribution in [1.82, 2.24) is 9.29 Å². The van der Waals surface area contributed by atoms with Crippen LogP contribution in [0.25, 0.3) is 0 Å². The molecule has 0 radical (unpaired) electrons. The summed E-state index contributed by atoms with van der Waals surface area (Å²) in [6.45, 7) is 4.14. The molecule has 1 aromatic carbocycles. The third-order valence-corrected chi connectivity index (χ3v) is 7.32. The number of aryl methyl sites for hydroxylation is 1. The SMILES string of the molecule is Cc1ccc(S(=O)(=O)N(Cc2ccc(C(=O)O)cc2)C2CCCCC2C)cn1. The minimum absolute atomic E-state index is 0.0841. The smallest absolute Gasteiger partial charge is 0.335 e. The number of hydrogen-bond donors (Lipinski definition) is 1. The fourth-order valence-electron chi connectivity index (χ4n) is 3.78. The summed E-state index contributed by atoms with van der Waals surface area (Å²) in [5.74, 6) is -0.733. The number of pyridine rings is 1. The van der Waals surface area contributed by atoms with Crippen LogP contribution < -0.4 is 0 Å². The Morgan fingerprint density at radius 2 is 1.82 bits per heavy atom. The number of aromatic nitrogens is 1. The lowest BCUT2D eigenvalue weighted by Gasteiger charge is -2.37. The zero-order valence-electron chi connectivity index (χ0n) is 16.2. The summed E-state index contributed by atoms with van der Waals surface area (Å²) in [7, 11) is -3.72. The van der Waals surface area contributed by atoms with Gasteiger partial charge in [0, 0.05) is 24.5 Å². The van der Waals surface area contributed by atoms with E-state index in [9.17, 15) is 13.2 Å². The van der Waals surface area contributed by atoms with Gasteiger partial charge in [0.15, 0.2) is 0 Å². The summed E-state index contributed by atoms with van der Waals surface area (Å²) in [5, 5.41) is 9.08. The maximum atomic E-state index is 13.5. The van der Waals surface area contributed by atoms with Crippen LogP contribution in [0, 0.1) is 12.8 Å². The Kier molecular flexibility index (Phi) is 6.15. The molecule has 2 unspecified atom stereocenters. The van der Waals surface area contributed by atoms with E-state index >= 15 is 0 Å². The molecular formula is C21H26N2O4S. The first-order valence-electron chi connectivity index (χ1n) is 9.56. The van der Waals surface area contributed by atoms with Gasteiger partial charge in [-0.25, -0.2) is 13.2 Å². The van der Waals surface area contributed by atoms with Crippen LogP contribution in [0.5, 0.6) is 0 Å². The van der Waals surface area contributed by atoms with Crippen LogP contribution in [-0.2, 0) is 16.6 Å². The lowest BCUT2D eigenvalue weighted by atomic mass is 9.86. The number of carbonyl (C=O) groups is 1. The Bertz CT molecular complexity index is 924. The molecule has 150 valence electrons. The Morgan fingerprint density at radius 1 is 1.14 bits per heavy atom. The van der Waals surface area contributed by atoms with Crippen molar-refractivity contribution in [3.05, 3.63) is 59.4 Å². The molecule has 2 aromatic rings. The standard InChI is InChI=1S/C21H26N2O4S/c1-15-5-3-4-6-20(15)23(14-17-8-10-18(11-9-17)21(24)25)28(26,27)19-12-7-16(2)22-13-19/h7-13,15,20H,3-6,14H2,1-2H3,(H,24,25). The summed E-state index contributed by atoms with van der Waals surface area (Å²) >= 11 is 0. The van der Waals surface area contributed by atoms with Gasteiger partial charge in [-0.15, -0.1) is 0 Å². The molecule has 1 aromatic heterocycles. The zero-order valence-corrected chi connectivity index (χ0v) is 17.0. The predicted octanol–water partition coefficient (Wildman–Crippen LogP) is 3.86. The number of rotatable bonds is 6. The Balaban J connectivity index is 1.97. The summed E-state index contributed by atoms with van der Waals surface area (Å²) in [6, 6.07) is 9.63. The van der Waals surface area contributed by atoms with Gasteiger partial charge in [-0.2, -0.15) is 4.31 Å². The van der Waals surface area contributed by atoms with E-state index < -0.39 is 16.0 Å². The topological polar surface area (TPSA) is 87.6 Å². The molecule has 2 atom stereocenters. The first-order valence-corrected chi connectivity index (χ1v) is 11.0. The van der Waals surface area contributed by atoms with E-state index in [2.05, 4.69) is 11.9 Å². The molecule has 7 heteroatoms. The van der Waals surface area contributed by atoms with Crippen molar-refractivity contribution in [3.8, 4) is 0 Å². The van der Waals surface area contributed by atoms with Crippen LogP contribution in [0.2, 0.25) is 0 Å². The first kappa shape index (κ1) is 20.5. The molecule has 1 aliphatic rings. The Labute approximate surface area is 166 Å². The van der Waals surface area contributed by atoms with E-state index in [0.717, 1.165) is 36.9 Å². The first-order chi connectivity index (χ1) is 13.3. The molecule has 0 aliphatic heterocycles. The van der Waals surface area contributed by atoms with Gasteiger partial charge in [-0.05, 0) is 55.5 Å². The minimum Gasteiger partial charge on any atom is -0.478 e. The van der Waals surface area contributed by atoms with Crippen LogP contribution >= 0.6 is 0 Å². The van der Waals surface area contributed by atoms with Gasteiger partial charge in [-0.1, -0.05) is 31.9 Å². The monoisotopic (exact) mass is 402 g/mol. The third kappa shape index (κ3) is 4.42. The van der Waals surface area contributed by atoms with Crippen molar-refractivity contribution in [2.45, 2.75) is 57.0 Å². The van der Waals surface area contributed by atoms with Crippen LogP contribution in [-0.4, -0.2) is 34.8 Å². The van der Waals surface area contributed by atoms with Gasteiger partial charge >= 0.3 is 5.97 Å². The van der Waals surface area contributed by atoms with E-state index in [-0.39, 0.29) is 29.0 Å². The molecular weight excluding hydrogens is 376 g/mol. The van der Waals surface area contributed by atoms with Crippen LogP contribution in [0.4, 0.5) is 0 Å². The highest BCUT2D eigenvalue weighted by molar-refractivity contribution is 7.89. The average Bonchev–Trinajstić information content (AvgIpc) is 2.67. The number of hydrogen-bond acceptors (Lipinski definition) is 4. The van der Waals surface area contributed by atoms with Gasteiger partial charge in [0.1, 0.15) is 4.90 Å². The van der Waals surface area contributed by atoms with Gasteiger partial charge in [0.25, 0.3) is 0 Å². The average molecular weight is 403 g/mol. The lowest BCUT2D eigenvalue weighted by molar-refractivity contribution is 0.0697. The minimum atomic E-state index is -3.72. The number of carboxylic acids is 1. The van der Waals surface area contributed by atoms with Crippen LogP contribution in [0.1, 0.15) is 54.2 Å². The quantitative estimate of drug-likeness (QED) is 0.793. The van der Waals surface area contributed by atoms with Crippen molar-refractivity contribution < 1.29 is 18.3 Å². The second kappa shape index (κ2) is 8.41. The van der Waals surface area contributed by atoms with Crippen molar-refractivity contribution in [1.29, 1.82) is 0 Å². The Morgan fingerprint density at radius 3 is 2.39 bits per heavy atom.